The first-order valence-electron chi connectivity index (χ1n) is 12.1. The van der Waals surface area contributed by atoms with Gasteiger partial charge in [0.15, 0.2) is 11.5 Å². The molecule has 0 aromatic heterocycles. The number of hydrogen-bond acceptors (Lipinski definition) is 5. The summed E-state index contributed by atoms with van der Waals surface area (Å²) < 4.78 is 11.8. The summed E-state index contributed by atoms with van der Waals surface area (Å²) in [4.78, 5) is 39.4. The van der Waals surface area contributed by atoms with E-state index in [4.69, 9.17) is 9.47 Å². The molecule has 190 valence electrons. The second kappa shape index (κ2) is 10.7. The van der Waals surface area contributed by atoms with Gasteiger partial charge in [0.05, 0.1) is 12.3 Å². The van der Waals surface area contributed by atoms with Crippen LogP contribution in [-0.4, -0.2) is 24.5 Å². The molecule has 0 bridgehead atoms. The molecule has 3 aromatic carbocycles. The van der Waals surface area contributed by atoms with Crippen LogP contribution in [0.4, 0.5) is 10.5 Å². The summed E-state index contributed by atoms with van der Waals surface area (Å²) in [7, 11) is 0. The first-order chi connectivity index (χ1) is 17.7. The normalized spacial score (nSPS) is 14.7. The molecule has 1 heterocycles. The zero-order valence-electron chi connectivity index (χ0n) is 21.7. The van der Waals surface area contributed by atoms with E-state index in [2.05, 4.69) is 31.3 Å². The molecule has 0 saturated carbocycles. The van der Waals surface area contributed by atoms with Crippen LogP contribution in [0.25, 0.3) is 6.08 Å². The van der Waals surface area contributed by atoms with Crippen LogP contribution in [0.2, 0.25) is 0 Å². The SMILES string of the molecule is CCOc1cc(/C=C2\C(=O)NC(=O)N(c3ccc(C)c(C)c3)C2=O)ccc1OCc1ccc(C)c(C)c1. The summed E-state index contributed by atoms with van der Waals surface area (Å²) in [6, 6.07) is 15.8. The molecular weight excluding hydrogens is 468 g/mol. The molecule has 3 aromatic rings. The number of hydrogen-bond donors (Lipinski definition) is 1. The molecule has 0 atom stereocenters. The van der Waals surface area contributed by atoms with Crippen molar-refractivity contribution in [2.24, 2.45) is 0 Å². The van der Waals surface area contributed by atoms with Gasteiger partial charge in [-0.1, -0.05) is 30.3 Å². The van der Waals surface area contributed by atoms with Gasteiger partial charge in [0.25, 0.3) is 11.8 Å². The van der Waals surface area contributed by atoms with Crippen molar-refractivity contribution in [1.82, 2.24) is 5.32 Å². The Hall–Kier alpha value is -4.39. The van der Waals surface area contributed by atoms with Gasteiger partial charge < -0.3 is 9.47 Å². The van der Waals surface area contributed by atoms with Crippen LogP contribution in [0.1, 0.15) is 40.3 Å². The highest BCUT2D eigenvalue weighted by Gasteiger charge is 2.37. The Morgan fingerprint density at radius 1 is 0.784 bits per heavy atom. The fourth-order valence-electron chi connectivity index (χ4n) is 3.98. The van der Waals surface area contributed by atoms with Gasteiger partial charge in [0, 0.05) is 0 Å². The number of anilines is 1. The monoisotopic (exact) mass is 498 g/mol. The minimum Gasteiger partial charge on any atom is -0.490 e. The molecule has 0 aliphatic carbocycles. The van der Waals surface area contributed by atoms with Gasteiger partial charge in [-0.15, -0.1) is 0 Å². The lowest BCUT2D eigenvalue weighted by Crippen LogP contribution is -2.54. The maximum absolute atomic E-state index is 13.3. The molecule has 7 nitrogen and oxygen atoms in total. The lowest BCUT2D eigenvalue weighted by Gasteiger charge is -2.27. The molecule has 37 heavy (non-hydrogen) atoms. The summed E-state index contributed by atoms with van der Waals surface area (Å²) in [5.41, 5.74) is 6.22. The van der Waals surface area contributed by atoms with Crippen LogP contribution in [-0.2, 0) is 16.2 Å². The molecule has 0 radical (unpaired) electrons. The van der Waals surface area contributed by atoms with Gasteiger partial charge in [0.2, 0.25) is 0 Å². The second-order valence-electron chi connectivity index (χ2n) is 9.07. The van der Waals surface area contributed by atoms with Crippen molar-refractivity contribution < 1.29 is 23.9 Å². The Morgan fingerprint density at radius 2 is 1.49 bits per heavy atom. The van der Waals surface area contributed by atoms with E-state index in [1.54, 1.807) is 30.3 Å². The number of aryl methyl sites for hydroxylation is 4. The van der Waals surface area contributed by atoms with Gasteiger partial charge in [-0.3, -0.25) is 14.9 Å². The van der Waals surface area contributed by atoms with Crippen LogP contribution in [0.5, 0.6) is 11.5 Å². The number of nitrogens with zero attached hydrogens (tertiary/aromatic N) is 1. The van der Waals surface area contributed by atoms with Crippen molar-refractivity contribution in [3.8, 4) is 11.5 Å². The van der Waals surface area contributed by atoms with Gasteiger partial charge in [-0.25, -0.2) is 9.69 Å². The molecule has 1 fully saturated rings. The molecule has 1 aliphatic rings. The highest BCUT2D eigenvalue weighted by atomic mass is 16.5. The summed E-state index contributed by atoms with van der Waals surface area (Å²) in [5.74, 6) is -0.395. The van der Waals surface area contributed by atoms with Gasteiger partial charge in [0.1, 0.15) is 12.2 Å². The van der Waals surface area contributed by atoms with Crippen LogP contribution in [0, 0.1) is 27.7 Å². The van der Waals surface area contributed by atoms with Crippen molar-refractivity contribution in [1.29, 1.82) is 0 Å². The zero-order valence-corrected chi connectivity index (χ0v) is 21.7. The third kappa shape index (κ3) is 5.56. The van der Waals surface area contributed by atoms with Crippen LogP contribution >= 0.6 is 0 Å². The highest BCUT2D eigenvalue weighted by Crippen LogP contribution is 2.31. The number of barbiturate groups is 1. The molecule has 4 amide bonds. The predicted octanol–water partition coefficient (Wildman–Crippen LogP) is 5.56. The molecule has 7 heteroatoms. The average Bonchev–Trinajstić information content (AvgIpc) is 2.85. The lowest BCUT2D eigenvalue weighted by molar-refractivity contribution is -0.122. The summed E-state index contributed by atoms with van der Waals surface area (Å²) >= 11 is 0. The second-order valence-corrected chi connectivity index (χ2v) is 9.07. The fraction of sp³-hybridized carbons (Fsp3) is 0.233. The van der Waals surface area contributed by atoms with Crippen molar-refractivity contribution >= 4 is 29.6 Å². The third-order valence-corrected chi connectivity index (χ3v) is 6.39. The van der Waals surface area contributed by atoms with E-state index in [-0.39, 0.29) is 5.57 Å². The van der Waals surface area contributed by atoms with E-state index in [1.165, 1.54) is 17.2 Å². The number of imide groups is 2. The Kier molecular flexibility index (Phi) is 7.43. The minimum atomic E-state index is -0.777. The number of carbonyl (C=O) groups excluding carboxylic acids is 3. The van der Waals surface area contributed by atoms with Crippen LogP contribution < -0.4 is 19.7 Å². The molecule has 1 aliphatic heterocycles. The van der Waals surface area contributed by atoms with E-state index >= 15 is 0 Å². The standard InChI is InChI=1S/C30H30N2O5/c1-6-36-27-16-22(10-12-26(27)37-17-23-9-7-18(2)20(4)13-23)15-25-28(33)31-30(35)32(29(25)34)24-11-8-19(3)21(5)14-24/h7-16H,6,17H2,1-5H3,(H,31,33,35)/b25-15+. The summed E-state index contributed by atoms with van der Waals surface area (Å²) in [6.07, 6.45) is 1.45. The summed E-state index contributed by atoms with van der Waals surface area (Å²) in [6.45, 7) is 10.6. The van der Waals surface area contributed by atoms with Crippen molar-refractivity contribution in [2.75, 3.05) is 11.5 Å². The fourth-order valence-corrected chi connectivity index (χ4v) is 3.98. The average molecular weight is 499 g/mol. The largest absolute Gasteiger partial charge is 0.490 e. The first kappa shape index (κ1) is 25.7. The molecule has 4 rings (SSSR count). The minimum absolute atomic E-state index is 0.149. The lowest BCUT2D eigenvalue weighted by atomic mass is 10.0. The third-order valence-electron chi connectivity index (χ3n) is 6.39. The Morgan fingerprint density at radius 3 is 2.16 bits per heavy atom. The number of nitrogens with one attached hydrogen (secondary N) is 1. The topological polar surface area (TPSA) is 84.9 Å². The van der Waals surface area contributed by atoms with Crippen LogP contribution in [0.3, 0.4) is 0 Å². The Bertz CT molecular complexity index is 1420. The van der Waals surface area contributed by atoms with E-state index in [0.29, 0.717) is 36.0 Å². The number of rotatable bonds is 7. The van der Waals surface area contributed by atoms with E-state index < -0.39 is 17.8 Å². The number of amides is 4. The van der Waals surface area contributed by atoms with Gasteiger partial charge >= 0.3 is 6.03 Å². The number of urea groups is 1. The molecule has 0 spiro atoms. The molecular formula is C30H30N2O5. The highest BCUT2D eigenvalue weighted by molar-refractivity contribution is 6.39. The Labute approximate surface area is 216 Å². The van der Waals surface area contributed by atoms with Crippen molar-refractivity contribution in [3.63, 3.8) is 0 Å². The molecule has 1 saturated heterocycles. The van der Waals surface area contributed by atoms with E-state index in [9.17, 15) is 14.4 Å². The predicted molar refractivity (Wildman–Crippen MR) is 143 cm³/mol. The molecule has 1 N–H and O–H groups in total. The van der Waals surface area contributed by atoms with Crippen molar-refractivity contribution in [3.05, 3.63) is 93.6 Å². The number of carbonyl (C=O) groups is 3. The van der Waals surface area contributed by atoms with E-state index in [0.717, 1.165) is 21.6 Å². The first-order valence-corrected chi connectivity index (χ1v) is 12.1. The van der Waals surface area contributed by atoms with Gasteiger partial charge in [-0.05, 0) is 98.3 Å². The zero-order chi connectivity index (χ0) is 26.7. The van der Waals surface area contributed by atoms with Gasteiger partial charge in [-0.2, -0.15) is 0 Å². The smallest absolute Gasteiger partial charge is 0.335 e. The molecule has 0 unspecified atom stereocenters. The number of benzene rings is 3. The quantitative estimate of drug-likeness (QED) is 0.340. The maximum Gasteiger partial charge on any atom is 0.335 e. The van der Waals surface area contributed by atoms with Crippen LogP contribution in [0.15, 0.2) is 60.2 Å². The van der Waals surface area contributed by atoms with E-state index in [1.807, 2.05) is 32.9 Å². The Balaban J connectivity index is 1.61. The van der Waals surface area contributed by atoms with Crippen molar-refractivity contribution in [2.45, 2.75) is 41.2 Å². The number of ether oxygens (including phenoxy) is 2. The maximum atomic E-state index is 13.3. The summed E-state index contributed by atoms with van der Waals surface area (Å²) in [5, 5.41) is 2.26.